The third kappa shape index (κ3) is 4.57. The van der Waals surface area contributed by atoms with Gasteiger partial charge in [-0.3, -0.25) is 0 Å². The Morgan fingerprint density at radius 1 is 1.08 bits per heavy atom. The Hall–Kier alpha value is -2.04. The highest BCUT2D eigenvalue weighted by molar-refractivity contribution is 5.43. The van der Waals surface area contributed by atoms with Crippen molar-refractivity contribution >= 4 is 0 Å². The predicted molar refractivity (Wildman–Crippen MR) is 104 cm³/mol. The SMILES string of the molecule is COc1ccc(C[C@H](C)NC[C@H]2CCO[C@@H]2c2ccccc2)cc1OC. The first-order chi connectivity index (χ1) is 12.7. The highest BCUT2D eigenvalue weighted by Crippen LogP contribution is 2.34. The predicted octanol–water partition coefficient (Wildman–Crippen LogP) is 4.00. The molecule has 0 amide bonds. The van der Waals surface area contributed by atoms with Gasteiger partial charge in [-0.2, -0.15) is 0 Å². The molecular formula is C22H29NO3. The number of hydrogen-bond acceptors (Lipinski definition) is 4. The van der Waals surface area contributed by atoms with E-state index in [-0.39, 0.29) is 6.10 Å². The molecule has 4 nitrogen and oxygen atoms in total. The standard InChI is InChI=1S/C22H29NO3/c1-16(13-17-9-10-20(24-2)21(14-17)25-3)23-15-19-11-12-26-22(19)18-7-5-4-6-8-18/h4-10,14,16,19,22-23H,11-13,15H2,1-3H3/t16-,19+,22+/m0/s1. The molecule has 1 aliphatic heterocycles. The van der Waals surface area contributed by atoms with Crippen molar-refractivity contribution in [1.82, 2.24) is 5.32 Å². The second-order valence-electron chi connectivity index (χ2n) is 6.95. The third-order valence-electron chi connectivity index (χ3n) is 5.06. The van der Waals surface area contributed by atoms with E-state index in [2.05, 4.69) is 54.7 Å². The van der Waals surface area contributed by atoms with Crippen LogP contribution in [0.25, 0.3) is 0 Å². The van der Waals surface area contributed by atoms with Crippen molar-refractivity contribution in [2.75, 3.05) is 27.4 Å². The molecule has 0 radical (unpaired) electrons. The van der Waals surface area contributed by atoms with Crippen LogP contribution in [-0.2, 0) is 11.2 Å². The van der Waals surface area contributed by atoms with Crippen LogP contribution in [0.4, 0.5) is 0 Å². The average Bonchev–Trinajstić information content (AvgIpc) is 3.15. The van der Waals surface area contributed by atoms with E-state index in [9.17, 15) is 0 Å². The first-order valence-electron chi connectivity index (χ1n) is 9.32. The van der Waals surface area contributed by atoms with Crippen LogP contribution in [0.1, 0.15) is 30.6 Å². The molecule has 26 heavy (non-hydrogen) atoms. The molecule has 1 saturated heterocycles. The fourth-order valence-electron chi connectivity index (χ4n) is 3.64. The molecule has 0 aromatic heterocycles. The van der Waals surface area contributed by atoms with Crippen molar-refractivity contribution in [3.05, 3.63) is 59.7 Å². The van der Waals surface area contributed by atoms with E-state index in [1.54, 1.807) is 14.2 Å². The molecule has 2 aromatic rings. The molecule has 0 saturated carbocycles. The Morgan fingerprint density at radius 2 is 1.85 bits per heavy atom. The Kier molecular flexibility index (Phi) is 6.53. The van der Waals surface area contributed by atoms with Crippen molar-refractivity contribution in [1.29, 1.82) is 0 Å². The van der Waals surface area contributed by atoms with Gasteiger partial charge >= 0.3 is 0 Å². The van der Waals surface area contributed by atoms with Gasteiger partial charge in [-0.15, -0.1) is 0 Å². The Labute approximate surface area is 156 Å². The summed E-state index contributed by atoms with van der Waals surface area (Å²) < 4.78 is 16.7. The van der Waals surface area contributed by atoms with E-state index in [0.717, 1.165) is 37.5 Å². The molecule has 0 aliphatic carbocycles. The molecule has 0 bridgehead atoms. The van der Waals surface area contributed by atoms with Gasteiger partial charge in [0.2, 0.25) is 0 Å². The molecular weight excluding hydrogens is 326 g/mol. The summed E-state index contributed by atoms with van der Waals surface area (Å²) in [6, 6.07) is 17.1. The summed E-state index contributed by atoms with van der Waals surface area (Å²) in [7, 11) is 3.33. The van der Waals surface area contributed by atoms with Crippen LogP contribution in [0.2, 0.25) is 0 Å². The maximum absolute atomic E-state index is 5.99. The van der Waals surface area contributed by atoms with Gasteiger partial charge < -0.3 is 19.5 Å². The molecule has 2 aromatic carbocycles. The lowest BCUT2D eigenvalue weighted by Crippen LogP contribution is -2.33. The van der Waals surface area contributed by atoms with Crippen LogP contribution in [0.3, 0.4) is 0 Å². The van der Waals surface area contributed by atoms with Crippen LogP contribution >= 0.6 is 0 Å². The van der Waals surface area contributed by atoms with Crippen molar-refractivity contribution in [2.45, 2.75) is 31.9 Å². The molecule has 1 aliphatic rings. The summed E-state index contributed by atoms with van der Waals surface area (Å²) in [5.41, 5.74) is 2.52. The van der Waals surface area contributed by atoms with Crippen LogP contribution in [-0.4, -0.2) is 33.4 Å². The quantitative estimate of drug-likeness (QED) is 0.777. The molecule has 140 valence electrons. The van der Waals surface area contributed by atoms with Gasteiger partial charge in [-0.25, -0.2) is 0 Å². The maximum Gasteiger partial charge on any atom is 0.160 e. The zero-order valence-electron chi connectivity index (χ0n) is 15.9. The second-order valence-corrected chi connectivity index (χ2v) is 6.95. The smallest absolute Gasteiger partial charge is 0.160 e. The van der Waals surface area contributed by atoms with Crippen molar-refractivity contribution < 1.29 is 14.2 Å². The Bertz CT molecular complexity index is 689. The maximum atomic E-state index is 5.99. The Balaban J connectivity index is 1.54. The van der Waals surface area contributed by atoms with Crippen LogP contribution in [0.5, 0.6) is 11.5 Å². The van der Waals surface area contributed by atoms with Crippen LogP contribution in [0, 0.1) is 5.92 Å². The lowest BCUT2D eigenvalue weighted by Gasteiger charge is -2.22. The molecule has 1 N–H and O–H groups in total. The van der Waals surface area contributed by atoms with Gasteiger partial charge in [-0.05, 0) is 43.0 Å². The number of rotatable bonds is 8. The van der Waals surface area contributed by atoms with Gasteiger partial charge in [0.25, 0.3) is 0 Å². The van der Waals surface area contributed by atoms with E-state index in [1.807, 2.05) is 6.07 Å². The summed E-state index contributed by atoms with van der Waals surface area (Å²) >= 11 is 0. The summed E-state index contributed by atoms with van der Waals surface area (Å²) in [6.45, 7) is 4.04. The number of hydrogen-bond donors (Lipinski definition) is 1. The first-order valence-corrected chi connectivity index (χ1v) is 9.32. The van der Waals surface area contributed by atoms with E-state index < -0.39 is 0 Å². The largest absolute Gasteiger partial charge is 0.493 e. The van der Waals surface area contributed by atoms with E-state index in [4.69, 9.17) is 14.2 Å². The van der Waals surface area contributed by atoms with Gasteiger partial charge in [0.15, 0.2) is 11.5 Å². The molecule has 1 heterocycles. The number of nitrogens with one attached hydrogen (secondary N) is 1. The van der Waals surface area contributed by atoms with Gasteiger partial charge in [0.1, 0.15) is 0 Å². The molecule has 1 fully saturated rings. The minimum Gasteiger partial charge on any atom is -0.493 e. The number of benzene rings is 2. The summed E-state index contributed by atoms with van der Waals surface area (Å²) in [6.07, 6.45) is 2.26. The normalized spacial score (nSPS) is 20.7. The second kappa shape index (κ2) is 9.06. The van der Waals surface area contributed by atoms with E-state index >= 15 is 0 Å². The third-order valence-corrected chi connectivity index (χ3v) is 5.06. The fraction of sp³-hybridized carbons (Fsp3) is 0.455. The van der Waals surface area contributed by atoms with Crippen LogP contribution < -0.4 is 14.8 Å². The van der Waals surface area contributed by atoms with Crippen molar-refractivity contribution in [3.63, 3.8) is 0 Å². The molecule has 3 rings (SSSR count). The monoisotopic (exact) mass is 355 g/mol. The minimum absolute atomic E-state index is 0.206. The van der Waals surface area contributed by atoms with E-state index in [0.29, 0.717) is 12.0 Å². The molecule has 3 atom stereocenters. The molecule has 0 spiro atoms. The van der Waals surface area contributed by atoms with Crippen molar-refractivity contribution in [2.24, 2.45) is 5.92 Å². The molecule has 4 heteroatoms. The summed E-state index contributed by atoms with van der Waals surface area (Å²) in [5.74, 6) is 2.07. The fourth-order valence-corrected chi connectivity index (χ4v) is 3.64. The zero-order valence-corrected chi connectivity index (χ0v) is 15.9. The first kappa shape index (κ1) is 18.7. The van der Waals surface area contributed by atoms with Crippen LogP contribution in [0.15, 0.2) is 48.5 Å². The highest BCUT2D eigenvalue weighted by Gasteiger charge is 2.29. The lowest BCUT2D eigenvalue weighted by molar-refractivity contribution is 0.0899. The van der Waals surface area contributed by atoms with Crippen molar-refractivity contribution in [3.8, 4) is 11.5 Å². The Morgan fingerprint density at radius 3 is 2.58 bits per heavy atom. The summed E-state index contributed by atoms with van der Waals surface area (Å²) in [4.78, 5) is 0. The average molecular weight is 355 g/mol. The zero-order chi connectivity index (χ0) is 18.4. The van der Waals surface area contributed by atoms with E-state index in [1.165, 1.54) is 11.1 Å². The topological polar surface area (TPSA) is 39.7 Å². The lowest BCUT2D eigenvalue weighted by atomic mass is 9.95. The highest BCUT2D eigenvalue weighted by atomic mass is 16.5. The number of ether oxygens (including phenoxy) is 3. The van der Waals surface area contributed by atoms with Gasteiger partial charge in [0.05, 0.1) is 20.3 Å². The number of methoxy groups -OCH3 is 2. The van der Waals surface area contributed by atoms with Gasteiger partial charge in [0, 0.05) is 25.1 Å². The minimum atomic E-state index is 0.206. The summed E-state index contributed by atoms with van der Waals surface area (Å²) in [5, 5.41) is 3.69. The van der Waals surface area contributed by atoms with Gasteiger partial charge in [-0.1, -0.05) is 36.4 Å². The molecule has 0 unspecified atom stereocenters.